The molecule has 1 aromatic rings. The van der Waals surface area contributed by atoms with Crippen LogP contribution in [0.5, 0.6) is 0 Å². The Balaban J connectivity index is 1.73. The molecule has 4 heteroatoms. The van der Waals surface area contributed by atoms with Gasteiger partial charge in [0.1, 0.15) is 5.82 Å². The second kappa shape index (κ2) is 4.46. The summed E-state index contributed by atoms with van der Waals surface area (Å²) in [5.74, 6) is 0.426. The highest BCUT2D eigenvalue weighted by atomic mass is 35.5. The molecule has 0 amide bonds. The molecule has 3 unspecified atom stereocenters. The van der Waals surface area contributed by atoms with Gasteiger partial charge in [-0.3, -0.25) is 0 Å². The van der Waals surface area contributed by atoms with Crippen LogP contribution >= 0.6 is 11.6 Å². The topological polar surface area (TPSA) is 15.3 Å². The summed E-state index contributed by atoms with van der Waals surface area (Å²) >= 11 is 5.86. The summed E-state index contributed by atoms with van der Waals surface area (Å²) in [6.45, 7) is 3.55. The number of fused-ring (bicyclic) bond motifs is 2. The lowest BCUT2D eigenvalue weighted by Gasteiger charge is -2.31. The number of piperidine rings is 1. The van der Waals surface area contributed by atoms with E-state index in [1.165, 1.54) is 31.6 Å². The largest absolute Gasteiger partial charge is 0.382 e. The van der Waals surface area contributed by atoms with E-state index in [0.29, 0.717) is 17.0 Å². The predicted octanol–water partition coefficient (Wildman–Crippen LogP) is 2.99. The minimum atomic E-state index is -0.274. The number of nitrogens with one attached hydrogen (secondary N) is 1. The van der Waals surface area contributed by atoms with E-state index in [2.05, 4.69) is 10.2 Å². The van der Waals surface area contributed by atoms with Crippen LogP contribution in [0.1, 0.15) is 12.8 Å². The molecule has 0 aromatic heterocycles. The summed E-state index contributed by atoms with van der Waals surface area (Å²) in [6.07, 6.45) is 2.39. The van der Waals surface area contributed by atoms with Crippen molar-refractivity contribution in [2.45, 2.75) is 18.9 Å². The van der Waals surface area contributed by atoms with E-state index in [1.807, 2.05) is 0 Å². The first-order valence-electron chi connectivity index (χ1n) is 6.16. The molecule has 0 aliphatic carbocycles. The van der Waals surface area contributed by atoms with Gasteiger partial charge in [0.25, 0.3) is 0 Å². The highest BCUT2D eigenvalue weighted by Gasteiger charge is 2.34. The maximum absolute atomic E-state index is 13.2. The van der Waals surface area contributed by atoms with Crippen LogP contribution in [0, 0.1) is 11.7 Å². The monoisotopic (exact) mass is 254 g/mol. The van der Waals surface area contributed by atoms with Gasteiger partial charge in [-0.2, -0.15) is 0 Å². The highest BCUT2D eigenvalue weighted by molar-refractivity contribution is 6.30. The minimum Gasteiger partial charge on any atom is -0.382 e. The molecular weight excluding hydrogens is 239 g/mol. The number of hydrogen-bond acceptors (Lipinski definition) is 2. The molecule has 2 heterocycles. The Morgan fingerprint density at radius 2 is 2.06 bits per heavy atom. The first-order chi connectivity index (χ1) is 8.20. The number of anilines is 1. The van der Waals surface area contributed by atoms with Gasteiger partial charge in [-0.15, -0.1) is 0 Å². The summed E-state index contributed by atoms with van der Waals surface area (Å²) in [4.78, 5) is 2.50. The van der Waals surface area contributed by atoms with Crippen molar-refractivity contribution in [3.63, 3.8) is 0 Å². The fourth-order valence-electron chi connectivity index (χ4n) is 2.99. The molecule has 2 nitrogen and oxygen atoms in total. The zero-order valence-electron chi connectivity index (χ0n) is 9.63. The summed E-state index contributed by atoms with van der Waals surface area (Å²) < 4.78 is 13.2. The first-order valence-corrected chi connectivity index (χ1v) is 6.53. The molecular formula is C13H16ClFN2. The number of nitrogens with zero attached hydrogens (tertiary/aromatic N) is 1. The van der Waals surface area contributed by atoms with Crippen molar-refractivity contribution in [2.24, 2.45) is 5.92 Å². The SMILES string of the molecule is Fc1cc(Cl)cc(NC2CCN3CCC2C3)c1. The molecule has 0 radical (unpaired) electrons. The summed E-state index contributed by atoms with van der Waals surface area (Å²) in [6, 6.07) is 5.12. The smallest absolute Gasteiger partial charge is 0.126 e. The fraction of sp³-hybridized carbons (Fsp3) is 0.538. The van der Waals surface area contributed by atoms with Gasteiger partial charge in [-0.05, 0) is 43.5 Å². The zero-order chi connectivity index (χ0) is 11.8. The van der Waals surface area contributed by atoms with Crippen LogP contribution in [0.2, 0.25) is 5.02 Å². The molecule has 3 rings (SSSR count). The van der Waals surface area contributed by atoms with Crippen LogP contribution in [-0.2, 0) is 0 Å². The Hall–Kier alpha value is -0.800. The molecule has 2 fully saturated rings. The first kappa shape index (κ1) is 11.3. The van der Waals surface area contributed by atoms with E-state index < -0.39 is 0 Å². The number of halogens is 2. The number of rotatable bonds is 2. The van der Waals surface area contributed by atoms with Crippen molar-refractivity contribution in [2.75, 3.05) is 25.0 Å². The molecule has 92 valence electrons. The molecule has 1 aromatic carbocycles. The molecule has 17 heavy (non-hydrogen) atoms. The van der Waals surface area contributed by atoms with Crippen molar-refractivity contribution in [3.05, 3.63) is 29.0 Å². The number of hydrogen-bond donors (Lipinski definition) is 1. The maximum atomic E-state index is 13.2. The summed E-state index contributed by atoms with van der Waals surface area (Å²) in [5.41, 5.74) is 0.806. The van der Waals surface area contributed by atoms with E-state index in [0.717, 1.165) is 18.7 Å². The Kier molecular flexibility index (Phi) is 2.97. The van der Waals surface area contributed by atoms with Crippen LogP contribution in [0.15, 0.2) is 18.2 Å². The van der Waals surface area contributed by atoms with Gasteiger partial charge in [0.2, 0.25) is 0 Å². The quantitative estimate of drug-likeness (QED) is 0.873. The maximum Gasteiger partial charge on any atom is 0.126 e. The average Bonchev–Trinajstić information content (AvgIpc) is 2.64. The average molecular weight is 255 g/mol. The van der Waals surface area contributed by atoms with Crippen molar-refractivity contribution >= 4 is 17.3 Å². The Morgan fingerprint density at radius 3 is 2.88 bits per heavy atom. The standard InChI is InChI=1S/C13H16ClFN2/c14-10-5-11(15)7-12(6-10)16-13-2-4-17-3-1-9(13)8-17/h5-7,9,13,16H,1-4,8H2. The molecule has 2 aliphatic heterocycles. The third-order valence-corrected chi connectivity index (χ3v) is 4.07. The van der Waals surface area contributed by atoms with Gasteiger partial charge < -0.3 is 10.2 Å². The zero-order valence-corrected chi connectivity index (χ0v) is 10.4. The van der Waals surface area contributed by atoms with Crippen molar-refractivity contribution in [1.29, 1.82) is 0 Å². The van der Waals surface area contributed by atoms with E-state index in [-0.39, 0.29) is 5.82 Å². The minimum absolute atomic E-state index is 0.274. The van der Waals surface area contributed by atoms with Crippen LogP contribution in [0.4, 0.5) is 10.1 Å². The van der Waals surface area contributed by atoms with E-state index >= 15 is 0 Å². The highest BCUT2D eigenvalue weighted by Crippen LogP contribution is 2.30. The van der Waals surface area contributed by atoms with Crippen molar-refractivity contribution in [1.82, 2.24) is 4.90 Å². The van der Waals surface area contributed by atoms with Gasteiger partial charge in [-0.25, -0.2) is 4.39 Å². The van der Waals surface area contributed by atoms with Crippen LogP contribution < -0.4 is 5.32 Å². The molecule has 2 saturated heterocycles. The van der Waals surface area contributed by atoms with E-state index in [4.69, 9.17) is 11.6 Å². The van der Waals surface area contributed by atoms with Crippen LogP contribution in [0.25, 0.3) is 0 Å². The van der Waals surface area contributed by atoms with Gasteiger partial charge in [0.15, 0.2) is 0 Å². The lowest BCUT2D eigenvalue weighted by atomic mass is 9.94. The lowest BCUT2D eigenvalue weighted by molar-refractivity contribution is 0.255. The van der Waals surface area contributed by atoms with Crippen molar-refractivity contribution in [3.8, 4) is 0 Å². The molecule has 0 saturated carbocycles. The third-order valence-electron chi connectivity index (χ3n) is 3.85. The van der Waals surface area contributed by atoms with E-state index in [9.17, 15) is 4.39 Å². The molecule has 3 atom stereocenters. The number of benzene rings is 1. The molecule has 2 bridgehead atoms. The van der Waals surface area contributed by atoms with Gasteiger partial charge >= 0.3 is 0 Å². The molecule has 2 aliphatic rings. The Labute approximate surface area is 106 Å². The van der Waals surface area contributed by atoms with Crippen LogP contribution in [-0.4, -0.2) is 30.6 Å². The fourth-order valence-corrected chi connectivity index (χ4v) is 3.21. The Bertz CT molecular complexity index is 404. The van der Waals surface area contributed by atoms with Gasteiger partial charge in [-0.1, -0.05) is 11.6 Å². The van der Waals surface area contributed by atoms with Gasteiger partial charge in [0.05, 0.1) is 0 Å². The summed E-state index contributed by atoms with van der Waals surface area (Å²) in [5, 5.41) is 3.89. The second-order valence-electron chi connectivity index (χ2n) is 5.05. The predicted molar refractivity (Wildman–Crippen MR) is 68.0 cm³/mol. The van der Waals surface area contributed by atoms with E-state index in [1.54, 1.807) is 6.07 Å². The van der Waals surface area contributed by atoms with Gasteiger partial charge in [0, 0.05) is 29.8 Å². The summed E-state index contributed by atoms with van der Waals surface area (Å²) in [7, 11) is 0. The van der Waals surface area contributed by atoms with Crippen LogP contribution in [0.3, 0.4) is 0 Å². The molecule has 0 spiro atoms. The third kappa shape index (κ3) is 2.40. The Morgan fingerprint density at radius 1 is 1.24 bits per heavy atom. The molecule has 1 N–H and O–H groups in total. The second-order valence-corrected chi connectivity index (χ2v) is 5.48. The lowest BCUT2D eigenvalue weighted by Crippen LogP contribution is -2.39. The van der Waals surface area contributed by atoms with Crippen molar-refractivity contribution < 1.29 is 4.39 Å². The normalized spacial score (nSPS) is 31.5.